The number of hydrogen-bond donors (Lipinski definition) is 0. The molecule has 0 aliphatic carbocycles. The molecule has 0 N–H and O–H groups in total. The maximum Gasteiger partial charge on any atom is 0.360 e. The molecule has 1 saturated heterocycles. The second kappa shape index (κ2) is 7.95. The molecule has 2 rings (SSSR count). The van der Waals surface area contributed by atoms with Gasteiger partial charge in [0.1, 0.15) is 11.3 Å². The molecular formula is C21H33NO4. The molecule has 0 aromatic carbocycles. The van der Waals surface area contributed by atoms with Gasteiger partial charge in [0, 0.05) is 5.92 Å². The summed E-state index contributed by atoms with van der Waals surface area (Å²) in [5.74, 6) is -0.533. The first-order valence-electron chi connectivity index (χ1n) is 9.66. The SMILES string of the molecule is CC(C)C(=O)/C(=C\C1=CCCCO1)C(=O)ON1C(C)(C)CCCC1(C)C. The van der Waals surface area contributed by atoms with Crippen LogP contribution in [0, 0.1) is 5.92 Å². The van der Waals surface area contributed by atoms with E-state index in [1.165, 1.54) is 0 Å². The van der Waals surface area contributed by atoms with Crippen molar-refractivity contribution in [2.75, 3.05) is 6.61 Å². The molecule has 26 heavy (non-hydrogen) atoms. The van der Waals surface area contributed by atoms with Gasteiger partial charge in [-0.1, -0.05) is 13.8 Å². The highest BCUT2D eigenvalue weighted by Gasteiger charge is 2.45. The number of nitrogens with zero attached hydrogens (tertiary/aromatic N) is 1. The minimum absolute atomic E-state index is 0.0605. The monoisotopic (exact) mass is 363 g/mol. The van der Waals surface area contributed by atoms with Crippen molar-refractivity contribution >= 4 is 11.8 Å². The van der Waals surface area contributed by atoms with Crippen molar-refractivity contribution < 1.29 is 19.2 Å². The van der Waals surface area contributed by atoms with E-state index in [0.717, 1.165) is 32.1 Å². The molecule has 0 aromatic rings. The Balaban J connectivity index is 2.30. The van der Waals surface area contributed by atoms with E-state index in [4.69, 9.17) is 9.57 Å². The van der Waals surface area contributed by atoms with E-state index in [9.17, 15) is 9.59 Å². The average Bonchev–Trinajstić information content (AvgIpc) is 2.55. The maximum absolute atomic E-state index is 13.0. The van der Waals surface area contributed by atoms with Gasteiger partial charge in [0.05, 0.1) is 17.7 Å². The van der Waals surface area contributed by atoms with Crippen LogP contribution in [0.1, 0.15) is 73.6 Å². The topological polar surface area (TPSA) is 55.8 Å². The fourth-order valence-electron chi connectivity index (χ4n) is 3.72. The minimum Gasteiger partial charge on any atom is -0.494 e. The van der Waals surface area contributed by atoms with Crippen LogP contribution in [0.4, 0.5) is 0 Å². The van der Waals surface area contributed by atoms with Crippen LogP contribution in [-0.2, 0) is 19.2 Å². The van der Waals surface area contributed by atoms with Crippen LogP contribution < -0.4 is 0 Å². The highest BCUT2D eigenvalue weighted by Crippen LogP contribution is 2.38. The molecular weight excluding hydrogens is 330 g/mol. The largest absolute Gasteiger partial charge is 0.494 e. The molecule has 0 atom stereocenters. The Bertz CT molecular complexity index is 598. The summed E-state index contributed by atoms with van der Waals surface area (Å²) in [6, 6.07) is 0. The molecule has 0 bridgehead atoms. The first-order chi connectivity index (χ1) is 12.0. The van der Waals surface area contributed by atoms with Crippen LogP contribution in [-0.4, -0.2) is 34.5 Å². The van der Waals surface area contributed by atoms with Crippen LogP contribution in [0.15, 0.2) is 23.5 Å². The molecule has 0 amide bonds. The van der Waals surface area contributed by atoms with Crippen LogP contribution >= 0.6 is 0 Å². The van der Waals surface area contributed by atoms with Crippen molar-refractivity contribution in [3.63, 3.8) is 0 Å². The van der Waals surface area contributed by atoms with Gasteiger partial charge in [-0.2, -0.15) is 0 Å². The Hall–Kier alpha value is -1.62. The van der Waals surface area contributed by atoms with Gasteiger partial charge in [-0.15, -0.1) is 5.06 Å². The van der Waals surface area contributed by atoms with Crippen molar-refractivity contribution in [3.8, 4) is 0 Å². The molecule has 2 aliphatic heterocycles. The number of rotatable bonds is 5. The summed E-state index contributed by atoms with van der Waals surface area (Å²) >= 11 is 0. The number of ketones is 1. The van der Waals surface area contributed by atoms with Crippen molar-refractivity contribution in [3.05, 3.63) is 23.5 Å². The minimum atomic E-state index is -0.596. The van der Waals surface area contributed by atoms with Gasteiger partial charge in [0.15, 0.2) is 5.78 Å². The van der Waals surface area contributed by atoms with Gasteiger partial charge in [0.25, 0.3) is 0 Å². The van der Waals surface area contributed by atoms with Crippen molar-refractivity contribution in [2.45, 2.75) is 84.7 Å². The number of hydroxylamine groups is 2. The van der Waals surface area contributed by atoms with Gasteiger partial charge in [0.2, 0.25) is 0 Å². The van der Waals surface area contributed by atoms with Crippen LogP contribution in [0.5, 0.6) is 0 Å². The third kappa shape index (κ3) is 4.76. The molecule has 0 spiro atoms. The van der Waals surface area contributed by atoms with E-state index >= 15 is 0 Å². The second-order valence-electron chi connectivity index (χ2n) is 8.83. The quantitative estimate of drug-likeness (QED) is 0.413. The predicted molar refractivity (Wildman–Crippen MR) is 101 cm³/mol. The molecule has 1 fully saturated rings. The third-order valence-electron chi connectivity index (χ3n) is 5.11. The lowest BCUT2D eigenvalue weighted by Crippen LogP contribution is -2.59. The molecule has 146 valence electrons. The Labute approximate surface area is 157 Å². The van der Waals surface area contributed by atoms with Gasteiger partial charge in [-0.05, 0) is 72.0 Å². The van der Waals surface area contributed by atoms with Crippen molar-refractivity contribution in [1.82, 2.24) is 5.06 Å². The summed E-state index contributed by atoms with van der Waals surface area (Å²) in [4.78, 5) is 31.4. The molecule has 0 aromatic heterocycles. The fourth-order valence-corrected chi connectivity index (χ4v) is 3.72. The average molecular weight is 363 g/mol. The summed E-state index contributed by atoms with van der Waals surface area (Å²) in [5.41, 5.74) is -0.487. The van der Waals surface area contributed by atoms with Crippen molar-refractivity contribution in [2.24, 2.45) is 5.92 Å². The summed E-state index contributed by atoms with van der Waals surface area (Å²) in [6.07, 6.45) is 8.27. The molecule has 5 heteroatoms. The van der Waals surface area contributed by atoms with E-state index in [1.54, 1.807) is 25.0 Å². The summed E-state index contributed by atoms with van der Waals surface area (Å²) in [6.45, 7) is 12.5. The normalized spacial score (nSPS) is 23.2. The number of ether oxygens (including phenoxy) is 1. The molecule has 5 nitrogen and oxygen atoms in total. The second-order valence-corrected chi connectivity index (χ2v) is 8.83. The van der Waals surface area contributed by atoms with Gasteiger partial charge in [-0.3, -0.25) is 4.79 Å². The van der Waals surface area contributed by atoms with E-state index in [2.05, 4.69) is 27.7 Å². The summed E-state index contributed by atoms with van der Waals surface area (Å²) in [5, 5.41) is 1.78. The Kier molecular flexibility index (Phi) is 6.33. The van der Waals surface area contributed by atoms with Crippen LogP contribution in [0.25, 0.3) is 0 Å². The Morgan fingerprint density at radius 2 is 1.77 bits per heavy atom. The van der Waals surface area contributed by atoms with Crippen LogP contribution in [0.2, 0.25) is 0 Å². The Morgan fingerprint density at radius 1 is 1.15 bits per heavy atom. The third-order valence-corrected chi connectivity index (χ3v) is 5.11. The van der Waals surface area contributed by atoms with E-state index in [0.29, 0.717) is 12.4 Å². The van der Waals surface area contributed by atoms with E-state index < -0.39 is 5.97 Å². The Morgan fingerprint density at radius 3 is 2.27 bits per heavy atom. The first kappa shape index (κ1) is 20.7. The zero-order chi connectivity index (χ0) is 19.5. The molecule has 2 aliphatic rings. The predicted octanol–water partition coefficient (Wildman–Crippen LogP) is 4.33. The molecule has 0 unspecified atom stereocenters. The highest BCUT2D eigenvalue weighted by atomic mass is 16.7. The van der Waals surface area contributed by atoms with Crippen molar-refractivity contribution in [1.29, 1.82) is 0 Å². The number of carbonyl (C=O) groups excluding carboxylic acids is 2. The highest BCUT2D eigenvalue weighted by molar-refractivity contribution is 6.18. The molecule has 0 radical (unpaired) electrons. The van der Waals surface area contributed by atoms with Gasteiger partial charge in [-0.25, -0.2) is 4.79 Å². The smallest absolute Gasteiger partial charge is 0.360 e. The molecule has 0 saturated carbocycles. The number of hydrogen-bond acceptors (Lipinski definition) is 5. The zero-order valence-corrected chi connectivity index (χ0v) is 17.1. The summed E-state index contributed by atoms with van der Waals surface area (Å²) < 4.78 is 5.57. The standard InChI is InChI=1S/C21H33NO4/c1-15(2)18(23)17(14-16-10-7-8-13-25-16)19(24)26-22-20(3,4)11-9-12-21(22,5)6/h10,14-15H,7-9,11-13H2,1-6H3/b17-14+. The lowest BCUT2D eigenvalue weighted by molar-refractivity contribution is -0.262. The van der Waals surface area contributed by atoms with Gasteiger partial charge >= 0.3 is 5.97 Å². The van der Waals surface area contributed by atoms with E-state index in [1.807, 2.05) is 6.08 Å². The van der Waals surface area contributed by atoms with E-state index in [-0.39, 0.29) is 28.4 Å². The lowest BCUT2D eigenvalue weighted by atomic mass is 9.82. The summed E-state index contributed by atoms with van der Waals surface area (Å²) in [7, 11) is 0. The number of allylic oxidation sites excluding steroid dienone is 2. The number of carbonyl (C=O) groups is 2. The maximum atomic E-state index is 13.0. The number of piperidine rings is 1. The number of Topliss-reactive ketones (excluding diaryl/α,β-unsaturated/α-hetero) is 1. The molecule has 2 heterocycles. The fraction of sp³-hybridized carbons (Fsp3) is 0.714. The first-order valence-corrected chi connectivity index (χ1v) is 9.66. The lowest BCUT2D eigenvalue weighted by Gasteiger charge is -2.50. The van der Waals surface area contributed by atoms with Gasteiger partial charge < -0.3 is 9.57 Å². The zero-order valence-electron chi connectivity index (χ0n) is 17.1. The van der Waals surface area contributed by atoms with Crippen LogP contribution in [0.3, 0.4) is 0 Å².